The third kappa shape index (κ3) is 5.39. The van der Waals surface area contributed by atoms with Crippen LogP contribution in [0, 0.1) is 0 Å². The van der Waals surface area contributed by atoms with E-state index in [-0.39, 0.29) is 0 Å². The number of benzene rings is 5. The average molecular weight is 515 g/mol. The monoisotopic (exact) mass is 514 g/mol. The van der Waals surface area contributed by atoms with Crippen molar-refractivity contribution in [3.8, 4) is 17.2 Å². The lowest BCUT2D eigenvalue weighted by Gasteiger charge is -2.36. The summed E-state index contributed by atoms with van der Waals surface area (Å²) < 4.78 is 17.6. The highest BCUT2D eigenvalue weighted by molar-refractivity contribution is 5.94. The first kappa shape index (κ1) is 26.1. The van der Waals surface area contributed by atoms with Gasteiger partial charge in [-0.05, 0) is 64.7 Å². The van der Waals surface area contributed by atoms with Gasteiger partial charge in [0.15, 0.2) is 5.60 Å². The quantitative estimate of drug-likeness (QED) is 0.234. The van der Waals surface area contributed by atoms with Crippen molar-refractivity contribution in [2.75, 3.05) is 14.2 Å². The first-order chi connectivity index (χ1) is 19.0. The Balaban J connectivity index is 0.000000455. The van der Waals surface area contributed by atoms with Crippen LogP contribution < -0.4 is 14.2 Å². The molecule has 0 amide bonds. The minimum Gasteiger partial charge on any atom is -0.497 e. The van der Waals surface area contributed by atoms with E-state index in [9.17, 15) is 0 Å². The SMILES string of the molecule is COc1ccc(C2(c3ccc(OC)cc3)C=Cc3c(ccc4cc(C(C)C)ccc34)O2)cc1.c1ccccc1. The Labute approximate surface area is 231 Å². The number of ether oxygens (including phenoxy) is 3. The van der Waals surface area contributed by atoms with Crippen molar-refractivity contribution < 1.29 is 14.2 Å². The van der Waals surface area contributed by atoms with Gasteiger partial charge < -0.3 is 14.2 Å². The van der Waals surface area contributed by atoms with Crippen molar-refractivity contribution in [1.82, 2.24) is 0 Å². The van der Waals surface area contributed by atoms with Crippen LogP contribution in [0.15, 0.2) is 121 Å². The second-order valence-corrected chi connectivity index (χ2v) is 9.90. The summed E-state index contributed by atoms with van der Waals surface area (Å²) in [5.74, 6) is 3.00. The fourth-order valence-corrected chi connectivity index (χ4v) is 4.92. The maximum absolute atomic E-state index is 6.86. The van der Waals surface area contributed by atoms with Crippen LogP contribution in [0.3, 0.4) is 0 Å². The first-order valence-electron chi connectivity index (χ1n) is 13.3. The highest BCUT2D eigenvalue weighted by atomic mass is 16.5. The predicted octanol–water partition coefficient (Wildman–Crippen LogP) is 9.02. The van der Waals surface area contributed by atoms with Gasteiger partial charge in [-0.15, -0.1) is 0 Å². The van der Waals surface area contributed by atoms with Gasteiger partial charge in [0.05, 0.1) is 14.2 Å². The Morgan fingerprint density at radius 2 is 1.18 bits per heavy atom. The summed E-state index contributed by atoms with van der Waals surface area (Å²) in [6, 6.07) is 39.1. The van der Waals surface area contributed by atoms with Crippen LogP contribution in [0.2, 0.25) is 0 Å². The largest absolute Gasteiger partial charge is 0.497 e. The van der Waals surface area contributed by atoms with Crippen LogP contribution in [-0.2, 0) is 5.60 Å². The molecule has 1 aliphatic heterocycles. The molecule has 0 saturated carbocycles. The normalized spacial score (nSPS) is 13.2. The van der Waals surface area contributed by atoms with E-state index in [2.05, 4.69) is 80.6 Å². The molecule has 0 saturated heterocycles. The van der Waals surface area contributed by atoms with Crippen LogP contribution in [0.4, 0.5) is 0 Å². The van der Waals surface area contributed by atoms with Gasteiger partial charge >= 0.3 is 0 Å². The number of rotatable bonds is 5. The molecule has 3 heteroatoms. The topological polar surface area (TPSA) is 27.7 Å². The summed E-state index contributed by atoms with van der Waals surface area (Å²) in [4.78, 5) is 0. The Morgan fingerprint density at radius 1 is 0.641 bits per heavy atom. The van der Waals surface area contributed by atoms with Gasteiger partial charge in [0.2, 0.25) is 0 Å². The van der Waals surface area contributed by atoms with Crippen LogP contribution in [0.5, 0.6) is 17.2 Å². The van der Waals surface area contributed by atoms with E-state index in [1.54, 1.807) is 14.2 Å². The molecule has 0 bridgehead atoms. The Kier molecular flexibility index (Phi) is 7.69. The zero-order valence-electron chi connectivity index (χ0n) is 22.9. The minimum absolute atomic E-state index is 0.495. The molecular weight excluding hydrogens is 480 g/mol. The molecular formula is C36H34O3. The molecule has 0 radical (unpaired) electrons. The molecule has 1 aliphatic rings. The molecule has 0 unspecified atom stereocenters. The number of hydrogen-bond acceptors (Lipinski definition) is 3. The molecule has 6 rings (SSSR count). The standard InChI is InChI=1S/C30H28O3.C6H6/c1-20(2)21-5-15-27-22(19-21)6-16-29-28(27)17-18-30(33-29,23-7-11-25(31-3)12-8-23)24-9-13-26(32-4)14-10-24;1-2-4-6-5-3-1/h5-20H,1-4H3;1-6H. The van der Waals surface area contributed by atoms with Crippen LogP contribution in [0.1, 0.15) is 42.0 Å². The van der Waals surface area contributed by atoms with Crippen molar-refractivity contribution in [3.05, 3.63) is 144 Å². The Bertz CT molecular complexity index is 1480. The highest BCUT2D eigenvalue weighted by Gasteiger charge is 2.37. The van der Waals surface area contributed by atoms with Crippen molar-refractivity contribution in [3.63, 3.8) is 0 Å². The van der Waals surface area contributed by atoms with Crippen LogP contribution >= 0.6 is 0 Å². The van der Waals surface area contributed by atoms with Gasteiger partial charge in [-0.1, -0.05) is 98.8 Å². The van der Waals surface area contributed by atoms with Gasteiger partial charge in [0.25, 0.3) is 0 Å². The van der Waals surface area contributed by atoms with Gasteiger partial charge in [-0.25, -0.2) is 0 Å². The van der Waals surface area contributed by atoms with E-state index < -0.39 is 5.60 Å². The summed E-state index contributed by atoms with van der Waals surface area (Å²) in [7, 11) is 3.36. The van der Waals surface area contributed by atoms with Crippen LogP contribution in [-0.4, -0.2) is 14.2 Å². The molecule has 0 atom stereocenters. The molecule has 0 aromatic heterocycles. The fraction of sp³-hybridized carbons (Fsp3) is 0.167. The summed E-state index contributed by atoms with van der Waals surface area (Å²) in [6.07, 6.45) is 4.36. The third-order valence-electron chi connectivity index (χ3n) is 7.17. The molecule has 0 spiro atoms. The number of hydrogen-bond donors (Lipinski definition) is 0. The lowest BCUT2D eigenvalue weighted by Crippen LogP contribution is -2.34. The number of methoxy groups -OCH3 is 2. The second kappa shape index (κ2) is 11.5. The molecule has 5 aromatic carbocycles. The maximum atomic E-state index is 6.86. The van der Waals surface area contributed by atoms with Crippen LogP contribution in [0.25, 0.3) is 16.8 Å². The highest BCUT2D eigenvalue weighted by Crippen LogP contribution is 2.45. The van der Waals surface area contributed by atoms with E-state index in [0.29, 0.717) is 5.92 Å². The Morgan fingerprint density at radius 3 is 1.67 bits per heavy atom. The molecule has 0 N–H and O–H groups in total. The van der Waals surface area contributed by atoms with Crippen molar-refractivity contribution >= 4 is 16.8 Å². The summed E-state index contributed by atoms with van der Waals surface area (Å²) in [5.41, 5.74) is 3.77. The Hall–Kier alpha value is -4.50. The van der Waals surface area contributed by atoms with E-state index in [4.69, 9.17) is 14.2 Å². The zero-order valence-corrected chi connectivity index (χ0v) is 22.9. The van der Waals surface area contributed by atoms with Crippen molar-refractivity contribution in [2.24, 2.45) is 0 Å². The van der Waals surface area contributed by atoms with Crippen molar-refractivity contribution in [1.29, 1.82) is 0 Å². The maximum Gasteiger partial charge on any atom is 0.178 e. The molecule has 3 nitrogen and oxygen atoms in total. The van der Waals surface area contributed by atoms with Gasteiger partial charge in [0.1, 0.15) is 17.2 Å². The predicted molar refractivity (Wildman–Crippen MR) is 161 cm³/mol. The van der Waals surface area contributed by atoms with Crippen molar-refractivity contribution in [2.45, 2.75) is 25.4 Å². The minimum atomic E-state index is -0.753. The summed E-state index contributed by atoms with van der Waals surface area (Å²) in [5, 5.41) is 2.43. The molecule has 0 aliphatic carbocycles. The second-order valence-electron chi connectivity index (χ2n) is 9.90. The van der Waals surface area contributed by atoms with Gasteiger partial charge in [0, 0.05) is 16.7 Å². The average Bonchev–Trinajstić information content (AvgIpc) is 3.01. The van der Waals surface area contributed by atoms with E-state index in [0.717, 1.165) is 33.9 Å². The summed E-state index contributed by atoms with van der Waals surface area (Å²) >= 11 is 0. The molecule has 5 aromatic rings. The fourth-order valence-electron chi connectivity index (χ4n) is 4.92. The third-order valence-corrected chi connectivity index (χ3v) is 7.17. The number of fused-ring (bicyclic) bond motifs is 3. The summed E-state index contributed by atoms with van der Waals surface area (Å²) in [6.45, 7) is 4.45. The van der Waals surface area contributed by atoms with E-state index in [1.165, 1.54) is 16.3 Å². The lowest BCUT2D eigenvalue weighted by molar-refractivity contribution is 0.161. The van der Waals surface area contributed by atoms with Gasteiger partial charge in [-0.2, -0.15) is 0 Å². The molecule has 196 valence electrons. The molecule has 1 heterocycles. The lowest BCUT2D eigenvalue weighted by atomic mass is 9.83. The molecule has 0 fully saturated rings. The van der Waals surface area contributed by atoms with E-state index in [1.807, 2.05) is 60.7 Å². The first-order valence-corrected chi connectivity index (χ1v) is 13.3. The smallest absolute Gasteiger partial charge is 0.178 e. The van der Waals surface area contributed by atoms with E-state index >= 15 is 0 Å². The van der Waals surface area contributed by atoms with Gasteiger partial charge in [-0.3, -0.25) is 0 Å². The zero-order chi connectivity index (χ0) is 27.2. The molecule has 39 heavy (non-hydrogen) atoms.